The minimum Gasteiger partial charge on any atom is -0.385 e. The fourth-order valence-corrected chi connectivity index (χ4v) is 2.74. The SMILES string of the molecule is COCCCOCCN1C[C@H]2CNC[C@H]2C1. The summed E-state index contributed by atoms with van der Waals surface area (Å²) in [6.07, 6.45) is 1.01. The first-order valence-electron chi connectivity index (χ1n) is 6.40. The van der Waals surface area contributed by atoms with Gasteiger partial charge in [0.05, 0.1) is 6.61 Å². The lowest BCUT2D eigenvalue weighted by Gasteiger charge is -2.16. The fraction of sp³-hybridized carbons (Fsp3) is 1.00. The van der Waals surface area contributed by atoms with Crippen LogP contribution in [0.1, 0.15) is 6.42 Å². The first-order valence-corrected chi connectivity index (χ1v) is 6.40. The van der Waals surface area contributed by atoms with Crippen molar-refractivity contribution >= 4 is 0 Å². The lowest BCUT2D eigenvalue weighted by molar-refractivity contribution is 0.0871. The van der Waals surface area contributed by atoms with E-state index >= 15 is 0 Å². The first kappa shape index (κ1) is 12.3. The summed E-state index contributed by atoms with van der Waals surface area (Å²) < 4.78 is 10.6. The molecule has 16 heavy (non-hydrogen) atoms. The number of hydrogen-bond donors (Lipinski definition) is 1. The second-order valence-corrected chi connectivity index (χ2v) is 4.90. The van der Waals surface area contributed by atoms with Gasteiger partial charge < -0.3 is 19.7 Å². The van der Waals surface area contributed by atoms with Crippen molar-refractivity contribution in [2.24, 2.45) is 11.8 Å². The van der Waals surface area contributed by atoms with Crippen LogP contribution in [0.4, 0.5) is 0 Å². The second-order valence-electron chi connectivity index (χ2n) is 4.90. The van der Waals surface area contributed by atoms with Crippen LogP contribution in [-0.2, 0) is 9.47 Å². The van der Waals surface area contributed by atoms with Crippen molar-refractivity contribution in [2.45, 2.75) is 6.42 Å². The second kappa shape index (κ2) is 6.55. The topological polar surface area (TPSA) is 33.7 Å². The zero-order valence-corrected chi connectivity index (χ0v) is 10.3. The van der Waals surface area contributed by atoms with Gasteiger partial charge >= 0.3 is 0 Å². The van der Waals surface area contributed by atoms with E-state index in [2.05, 4.69) is 10.2 Å². The molecule has 0 aromatic carbocycles. The Morgan fingerprint density at radius 1 is 1.12 bits per heavy atom. The molecule has 0 amide bonds. The molecule has 2 fully saturated rings. The first-order chi connectivity index (χ1) is 7.90. The average Bonchev–Trinajstić information content (AvgIpc) is 2.83. The number of fused-ring (bicyclic) bond motifs is 1. The van der Waals surface area contributed by atoms with Crippen molar-refractivity contribution in [1.82, 2.24) is 10.2 Å². The van der Waals surface area contributed by atoms with E-state index in [9.17, 15) is 0 Å². The molecular weight excluding hydrogens is 204 g/mol. The summed E-state index contributed by atoms with van der Waals surface area (Å²) in [7, 11) is 1.73. The predicted molar refractivity (Wildman–Crippen MR) is 63.6 cm³/mol. The molecular formula is C12H24N2O2. The third kappa shape index (κ3) is 3.42. The van der Waals surface area contributed by atoms with Gasteiger partial charge in [-0.3, -0.25) is 0 Å². The van der Waals surface area contributed by atoms with Gasteiger partial charge in [0, 0.05) is 40.0 Å². The summed E-state index contributed by atoms with van der Waals surface area (Å²) >= 11 is 0. The standard InChI is InChI=1S/C12H24N2O2/c1-15-4-2-5-16-6-3-14-9-11-7-13-8-12(11)10-14/h11-13H,2-10H2,1H3/t11-,12+. The Morgan fingerprint density at radius 3 is 2.56 bits per heavy atom. The Kier molecular flexibility index (Phi) is 5.03. The van der Waals surface area contributed by atoms with E-state index in [0.717, 1.165) is 44.6 Å². The van der Waals surface area contributed by atoms with Gasteiger partial charge in [-0.1, -0.05) is 0 Å². The van der Waals surface area contributed by atoms with Crippen molar-refractivity contribution in [3.05, 3.63) is 0 Å². The molecule has 2 aliphatic rings. The number of nitrogens with zero attached hydrogens (tertiary/aromatic N) is 1. The van der Waals surface area contributed by atoms with Gasteiger partial charge in [0.1, 0.15) is 0 Å². The third-order valence-electron chi connectivity index (χ3n) is 3.65. The largest absolute Gasteiger partial charge is 0.385 e. The van der Waals surface area contributed by atoms with E-state index in [1.165, 1.54) is 26.2 Å². The highest BCUT2D eigenvalue weighted by molar-refractivity contribution is 4.90. The molecule has 0 spiro atoms. The van der Waals surface area contributed by atoms with E-state index in [1.807, 2.05) is 0 Å². The summed E-state index contributed by atoms with van der Waals surface area (Å²) in [6.45, 7) is 8.57. The smallest absolute Gasteiger partial charge is 0.0593 e. The summed E-state index contributed by atoms with van der Waals surface area (Å²) in [5.74, 6) is 1.79. The Hall–Kier alpha value is -0.160. The monoisotopic (exact) mass is 228 g/mol. The summed E-state index contributed by atoms with van der Waals surface area (Å²) in [6, 6.07) is 0. The molecule has 0 aromatic heterocycles. The molecule has 0 radical (unpaired) electrons. The fourth-order valence-electron chi connectivity index (χ4n) is 2.74. The van der Waals surface area contributed by atoms with Crippen molar-refractivity contribution in [3.63, 3.8) is 0 Å². The normalized spacial score (nSPS) is 29.8. The van der Waals surface area contributed by atoms with Gasteiger partial charge in [-0.2, -0.15) is 0 Å². The van der Waals surface area contributed by atoms with Crippen molar-refractivity contribution < 1.29 is 9.47 Å². The highest BCUT2D eigenvalue weighted by atomic mass is 16.5. The van der Waals surface area contributed by atoms with Gasteiger partial charge in [0.15, 0.2) is 0 Å². The van der Waals surface area contributed by atoms with Crippen molar-refractivity contribution in [2.75, 3.05) is 59.7 Å². The molecule has 0 bridgehead atoms. The Balaban J connectivity index is 1.48. The number of nitrogens with one attached hydrogen (secondary N) is 1. The number of methoxy groups -OCH3 is 1. The molecule has 94 valence electrons. The third-order valence-corrected chi connectivity index (χ3v) is 3.65. The zero-order valence-electron chi connectivity index (χ0n) is 10.3. The van der Waals surface area contributed by atoms with Crippen LogP contribution < -0.4 is 5.32 Å². The molecule has 2 heterocycles. The molecule has 0 aromatic rings. The van der Waals surface area contributed by atoms with E-state index in [4.69, 9.17) is 9.47 Å². The molecule has 4 heteroatoms. The Morgan fingerprint density at radius 2 is 1.88 bits per heavy atom. The quantitative estimate of drug-likeness (QED) is 0.631. The predicted octanol–water partition coefficient (Wildman–Crippen LogP) is 0.191. The van der Waals surface area contributed by atoms with Gasteiger partial charge in [0.2, 0.25) is 0 Å². The Bertz CT molecular complexity index is 189. The molecule has 2 atom stereocenters. The highest BCUT2D eigenvalue weighted by Crippen LogP contribution is 2.25. The molecule has 2 saturated heterocycles. The minimum atomic E-state index is 0.805. The highest BCUT2D eigenvalue weighted by Gasteiger charge is 2.35. The zero-order chi connectivity index (χ0) is 11.2. The van der Waals surface area contributed by atoms with Gasteiger partial charge in [-0.15, -0.1) is 0 Å². The molecule has 0 aliphatic carbocycles. The van der Waals surface area contributed by atoms with Crippen molar-refractivity contribution in [3.8, 4) is 0 Å². The van der Waals surface area contributed by atoms with Crippen LogP contribution in [-0.4, -0.2) is 64.6 Å². The average molecular weight is 228 g/mol. The molecule has 0 unspecified atom stereocenters. The van der Waals surface area contributed by atoms with Gasteiger partial charge in [0.25, 0.3) is 0 Å². The van der Waals surface area contributed by atoms with Crippen LogP contribution in [0.25, 0.3) is 0 Å². The van der Waals surface area contributed by atoms with Gasteiger partial charge in [-0.05, 0) is 31.3 Å². The van der Waals surface area contributed by atoms with Crippen LogP contribution in [0.3, 0.4) is 0 Å². The number of hydrogen-bond acceptors (Lipinski definition) is 4. The summed E-state index contributed by atoms with van der Waals surface area (Å²) in [5.41, 5.74) is 0. The molecule has 4 nitrogen and oxygen atoms in total. The maximum Gasteiger partial charge on any atom is 0.0593 e. The van der Waals surface area contributed by atoms with Crippen molar-refractivity contribution in [1.29, 1.82) is 0 Å². The van der Waals surface area contributed by atoms with Gasteiger partial charge in [-0.25, -0.2) is 0 Å². The molecule has 0 saturated carbocycles. The van der Waals surface area contributed by atoms with E-state index < -0.39 is 0 Å². The van der Waals surface area contributed by atoms with E-state index in [1.54, 1.807) is 7.11 Å². The molecule has 2 aliphatic heterocycles. The van der Waals surface area contributed by atoms with E-state index in [-0.39, 0.29) is 0 Å². The molecule has 2 rings (SSSR count). The maximum atomic E-state index is 5.58. The van der Waals surface area contributed by atoms with Crippen LogP contribution in [0.2, 0.25) is 0 Å². The summed E-state index contributed by atoms with van der Waals surface area (Å²) in [4.78, 5) is 2.55. The summed E-state index contributed by atoms with van der Waals surface area (Å²) in [5, 5.41) is 3.46. The Labute approximate surface area is 98.3 Å². The number of likely N-dealkylation sites (tertiary alicyclic amines) is 1. The lowest BCUT2D eigenvalue weighted by atomic mass is 10.0. The number of rotatable bonds is 7. The van der Waals surface area contributed by atoms with Crippen LogP contribution in [0.15, 0.2) is 0 Å². The van der Waals surface area contributed by atoms with Crippen LogP contribution in [0, 0.1) is 11.8 Å². The lowest BCUT2D eigenvalue weighted by Crippen LogP contribution is -2.29. The maximum absolute atomic E-state index is 5.58. The molecule has 1 N–H and O–H groups in total. The van der Waals surface area contributed by atoms with E-state index in [0.29, 0.717) is 0 Å². The number of ether oxygens (including phenoxy) is 2. The van der Waals surface area contributed by atoms with Crippen LogP contribution in [0.5, 0.6) is 0 Å². The minimum absolute atomic E-state index is 0.805. The van der Waals surface area contributed by atoms with Crippen LogP contribution >= 0.6 is 0 Å².